The van der Waals surface area contributed by atoms with Gasteiger partial charge in [-0.2, -0.15) is 0 Å². The minimum atomic E-state index is 0.169. The molecule has 96 valence electrons. The summed E-state index contributed by atoms with van der Waals surface area (Å²) in [6.45, 7) is 5.00. The number of benzene rings is 1. The van der Waals surface area contributed by atoms with Crippen molar-refractivity contribution in [3.05, 3.63) is 35.4 Å². The van der Waals surface area contributed by atoms with Crippen LogP contribution in [0.5, 0.6) is 0 Å². The third-order valence-electron chi connectivity index (χ3n) is 3.07. The Morgan fingerprint density at radius 3 is 2.41 bits per heavy atom. The van der Waals surface area contributed by atoms with Crippen molar-refractivity contribution in [3.63, 3.8) is 0 Å². The SMILES string of the molecule is CCc1ccc(C(CN)NC(C)CCO)cc1. The largest absolute Gasteiger partial charge is 0.396 e. The zero-order valence-corrected chi connectivity index (χ0v) is 10.8. The summed E-state index contributed by atoms with van der Waals surface area (Å²) in [4.78, 5) is 0. The smallest absolute Gasteiger partial charge is 0.0446 e. The van der Waals surface area contributed by atoms with Gasteiger partial charge in [0.05, 0.1) is 0 Å². The maximum atomic E-state index is 8.89. The molecule has 3 nitrogen and oxygen atoms in total. The summed E-state index contributed by atoms with van der Waals surface area (Å²) < 4.78 is 0. The highest BCUT2D eigenvalue weighted by Crippen LogP contribution is 2.14. The van der Waals surface area contributed by atoms with Gasteiger partial charge in [0.1, 0.15) is 0 Å². The molecule has 0 spiro atoms. The second kappa shape index (κ2) is 7.43. The summed E-state index contributed by atoms with van der Waals surface area (Å²) in [5.74, 6) is 0. The molecule has 2 unspecified atom stereocenters. The first-order chi connectivity index (χ1) is 8.21. The molecule has 0 aliphatic heterocycles. The van der Waals surface area contributed by atoms with Crippen molar-refractivity contribution in [2.24, 2.45) is 5.73 Å². The number of nitrogens with one attached hydrogen (secondary N) is 1. The first kappa shape index (κ1) is 14.2. The van der Waals surface area contributed by atoms with Gasteiger partial charge in [0.15, 0.2) is 0 Å². The molecule has 1 rings (SSSR count). The molecular formula is C14H24N2O. The number of aliphatic hydroxyl groups excluding tert-OH is 1. The molecular weight excluding hydrogens is 212 g/mol. The van der Waals surface area contributed by atoms with Crippen LogP contribution in [0.1, 0.15) is 37.4 Å². The highest BCUT2D eigenvalue weighted by atomic mass is 16.3. The molecule has 2 atom stereocenters. The molecule has 0 fully saturated rings. The number of rotatable bonds is 7. The predicted octanol–water partition coefficient (Wildman–Crippen LogP) is 1.61. The fraction of sp³-hybridized carbons (Fsp3) is 0.571. The standard InChI is InChI=1S/C14H24N2O/c1-3-12-4-6-13(7-5-12)14(10-15)16-11(2)8-9-17/h4-7,11,14,16-17H,3,8-10,15H2,1-2H3. The van der Waals surface area contributed by atoms with E-state index < -0.39 is 0 Å². The van der Waals surface area contributed by atoms with E-state index >= 15 is 0 Å². The summed E-state index contributed by atoms with van der Waals surface area (Å²) in [5, 5.41) is 12.3. The van der Waals surface area contributed by atoms with Crippen molar-refractivity contribution in [2.75, 3.05) is 13.2 Å². The topological polar surface area (TPSA) is 58.3 Å². The Morgan fingerprint density at radius 1 is 1.29 bits per heavy atom. The van der Waals surface area contributed by atoms with Gasteiger partial charge in [-0.05, 0) is 30.9 Å². The van der Waals surface area contributed by atoms with Gasteiger partial charge >= 0.3 is 0 Å². The van der Waals surface area contributed by atoms with E-state index in [0.29, 0.717) is 6.54 Å². The van der Waals surface area contributed by atoms with E-state index in [2.05, 4.69) is 43.4 Å². The molecule has 0 aliphatic carbocycles. The van der Waals surface area contributed by atoms with Crippen molar-refractivity contribution in [2.45, 2.75) is 38.8 Å². The van der Waals surface area contributed by atoms with Crippen molar-refractivity contribution in [3.8, 4) is 0 Å². The van der Waals surface area contributed by atoms with Gasteiger partial charge in [-0.15, -0.1) is 0 Å². The molecule has 0 bridgehead atoms. The van der Waals surface area contributed by atoms with Crippen LogP contribution >= 0.6 is 0 Å². The molecule has 17 heavy (non-hydrogen) atoms. The van der Waals surface area contributed by atoms with Gasteiger partial charge in [-0.3, -0.25) is 0 Å². The van der Waals surface area contributed by atoms with Gasteiger partial charge in [0, 0.05) is 25.2 Å². The van der Waals surface area contributed by atoms with Crippen molar-refractivity contribution in [1.82, 2.24) is 5.32 Å². The lowest BCUT2D eigenvalue weighted by molar-refractivity contribution is 0.263. The lowest BCUT2D eigenvalue weighted by Crippen LogP contribution is -2.35. The highest BCUT2D eigenvalue weighted by molar-refractivity contribution is 5.25. The van der Waals surface area contributed by atoms with Gasteiger partial charge in [0.2, 0.25) is 0 Å². The molecule has 1 aromatic carbocycles. The van der Waals surface area contributed by atoms with E-state index in [1.54, 1.807) is 0 Å². The van der Waals surface area contributed by atoms with Crippen LogP contribution in [0.3, 0.4) is 0 Å². The molecule has 0 aromatic heterocycles. The number of aliphatic hydroxyl groups is 1. The average Bonchev–Trinajstić information content (AvgIpc) is 2.36. The first-order valence-corrected chi connectivity index (χ1v) is 6.37. The van der Waals surface area contributed by atoms with Crippen LogP contribution in [-0.4, -0.2) is 24.3 Å². The number of nitrogens with two attached hydrogens (primary N) is 1. The Labute approximate surface area is 104 Å². The van der Waals surface area contributed by atoms with E-state index in [4.69, 9.17) is 10.8 Å². The van der Waals surface area contributed by atoms with E-state index in [1.165, 1.54) is 11.1 Å². The van der Waals surface area contributed by atoms with E-state index in [1.807, 2.05) is 0 Å². The molecule has 0 radical (unpaired) electrons. The normalized spacial score (nSPS) is 14.6. The third kappa shape index (κ3) is 4.46. The molecule has 4 N–H and O–H groups in total. The molecule has 0 heterocycles. The van der Waals surface area contributed by atoms with Crippen LogP contribution in [0.2, 0.25) is 0 Å². The number of aryl methyl sites for hydroxylation is 1. The van der Waals surface area contributed by atoms with E-state index in [0.717, 1.165) is 12.8 Å². The number of hydrogen-bond acceptors (Lipinski definition) is 3. The highest BCUT2D eigenvalue weighted by Gasteiger charge is 2.12. The van der Waals surface area contributed by atoms with Crippen LogP contribution in [0.25, 0.3) is 0 Å². The third-order valence-corrected chi connectivity index (χ3v) is 3.07. The minimum absolute atomic E-state index is 0.169. The van der Waals surface area contributed by atoms with Crippen molar-refractivity contribution in [1.29, 1.82) is 0 Å². The first-order valence-electron chi connectivity index (χ1n) is 6.37. The second-order valence-electron chi connectivity index (χ2n) is 4.46. The summed E-state index contributed by atoms with van der Waals surface area (Å²) in [7, 11) is 0. The van der Waals surface area contributed by atoms with E-state index in [9.17, 15) is 0 Å². The van der Waals surface area contributed by atoms with Gasteiger partial charge in [-0.25, -0.2) is 0 Å². The minimum Gasteiger partial charge on any atom is -0.396 e. The Kier molecular flexibility index (Phi) is 6.19. The van der Waals surface area contributed by atoms with Crippen LogP contribution < -0.4 is 11.1 Å². The average molecular weight is 236 g/mol. The fourth-order valence-corrected chi connectivity index (χ4v) is 1.91. The molecule has 3 heteroatoms. The molecule has 0 amide bonds. The zero-order chi connectivity index (χ0) is 12.7. The van der Waals surface area contributed by atoms with Gasteiger partial charge in [-0.1, -0.05) is 31.2 Å². The van der Waals surface area contributed by atoms with Crippen LogP contribution in [0.4, 0.5) is 0 Å². The van der Waals surface area contributed by atoms with Crippen molar-refractivity contribution >= 4 is 0 Å². The predicted molar refractivity (Wildman–Crippen MR) is 71.9 cm³/mol. The Balaban J connectivity index is 2.65. The second-order valence-corrected chi connectivity index (χ2v) is 4.46. The summed E-state index contributed by atoms with van der Waals surface area (Å²) >= 11 is 0. The van der Waals surface area contributed by atoms with Crippen LogP contribution in [0, 0.1) is 0 Å². The monoisotopic (exact) mass is 236 g/mol. The lowest BCUT2D eigenvalue weighted by Gasteiger charge is -2.22. The van der Waals surface area contributed by atoms with Crippen LogP contribution in [0.15, 0.2) is 24.3 Å². The summed E-state index contributed by atoms with van der Waals surface area (Å²) in [6, 6.07) is 9.01. The maximum Gasteiger partial charge on any atom is 0.0446 e. The Morgan fingerprint density at radius 2 is 1.94 bits per heavy atom. The van der Waals surface area contributed by atoms with E-state index in [-0.39, 0.29) is 18.7 Å². The Bertz CT molecular complexity index is 311. The quantitative estimate of drug-likeness (QED) is 0.674. The van der Waals surface area contributed by atoms with Crippen LogP contribution in [-0.2, 0) is 6.42 Å². The van der Waals surface area contributed by atoms with Gasteiger partial charge < -0.3 is 16.2 Å². The molecule has 0 saturated heterocycles. The fourth-order valence-electron chi connectivity index (χ4n) is 1.91. The van der Waals surface area contributed by atoms with Gasteiger partial charge in [0.25, 0.3) is 0 Å². The molecule has 0 aliphatic rings. The summed E-state index contributed by atoms with van der Waals surface area (Å²) in [5.41, 5.74) is 8.35. The lowest BCUT2D eigenvalue weighted by atomic mass is 10.0. The Hall–Kier alpha value is -0.900. The molecule has 0 saturated carbocycles. The number of hydrogen-bond donors (Lipinski definition) is 3. The molecule has 1 aromatic rings. The summed E-state index contributed by atoms with van der Waals surface area (Å²) in [6.07, 6.45) is 1.81. The maximum absolute atomic E-state index is 8.89. The zero-order valence-electron chi connectivity index (χ0n) is 10.8. The van der Waals surface area contributed by atoms with Crippen molar-refractivity contribution < 1.29 is 5.11 Å².